The summed E-state index contributed by atoms with van der Waals surface area (Å²) < 4.78 is 38.1. The van der Waals surface area contributed by atoms with Crippen molar-refractivity contribution in [3.63, 3.8) is 0 Å². The third-order valence-corrected chi connectivity index (χ3v) is 4.42. The van der Waals surface area contributed by atoms with Crippen molar-refractivity contribution in [3.05, 3.63) is 23.0 Å². The number of hydrogen-bond acceptors (Lipinski definition) is 5. The lowest BCUT2D eigenvalue weighted by atomic mass is 10.3. The highest BCUT2D eigenvalue weighted by Crippen LogP contribution is 2.28. The van der Waals surface area contributed by atoms with Crippen LogP contribution in [0.1, 0.15) is 0 Å². The standard InChI is InChI=1S/C10H8ClFN4O2S/c11-7-5-8(12)9(15)6-10(7)19(17,18)16(3-1-13)4-2-14/h5-6H,3-4,15H2. The van der Waals surface area contributed by atoms with Crippen LogP contribution < -0.4 is 5.73 Å². The molecule has 1 aromatic rings. The van der Waals surface area contributed by atoms with Gasteiger partial charge in [-0.2, -0.15) is 14.8 Å². The summed E-state index contributed by atoms with van der Waals surface area (Å²) in [4.78, 5) is -0.446. The van der Waals surface area contributed by atoms with Crippen LogP contribution in [0, 0.1) is 28.5 Å². The number of nitrogen functional groups attached to an aromatic ring is 1. The van der Waals surface area contributed by atoms with E-state index in [-0.39, 0.29) is 5.02 Å². The fourth-order valence-electron chi connectivity index (χ4n) is 1.27. The number of nitrogens with two attached hydrogens (primary N) is 1. The number of rotatable bonds is 4. The highest BCUT2D eigenvalue weighted by atomic mass is 35.5. The van der Waals surface area contributed by atoms with Crippen molar-refractivity contribution in [1.29, 1.82) is 10.5 Å². The highest BCUT2D eigenvalue weighted by Gasteiger charge is 2.27. The van der Waals surface area contributed by atoms with Crippen LogP contribution in [0.3, 0.4) is 0 Å². The molecule has 0 atom stereocenters. The zero-order chi connectivity index (χ0) is 14.6. The predicted octanol–water partition coefficient (Wildman–Crippen LogP) is 1.10. The van der Waals surface area contributed by atoms with E-state index in [1.807, 2.05) is 0 Å². The van der Waals surface area contributed by atoms with Crippen LogP contribution in [0.4, 0.5) is 10.1 Å². The molecule has 0 saturated carbocycles. The molecule has 0 saturated heterocycles. The maximum Gasteiger partial charge on any atom is 0.246 e. The summed E-state index contributed by atoms with van der Waals surface area (Å²) in [5.41, 5.74) is 4.90. The van der Waals surface area contributed by atoms with Crippen LogP contribution >= 0.6 is 11.6 Å². The number of anilines is 1. The van der Waals surface area contributed by atoms with Gasteiger partial charge in [-0.25, -0.2) is 12.8 Å². The smallest absolute Gasteiger partial charge is 0.246 e. The maximum atomic E-state index is 13.1. The van der Waals surface area contributed by atoms with E-state index in [9.17, 15) is 12.8 Å². The van der Waals surface area contributed by atoms with E-state index >= 15 is 0 Å². The van der Waals surface area contributed by atoms with Gasteiger partial charge in [-0.3, -0.25) is 0 Å². The third kappa shape index (κ3) is 3.12. The lowest BCUT2D eigenvalue weighted by molar-refractivity contribution is 0.479. The molecule has 9 heteroatoms. The molecule has 0 aliphatic rings. The Bertz CT molecular complexity index is 662. The number of halogens is 2. The number of benzene rings is 1. The second kappa shape index (κ2) is 5.85. The van der Waals surface area contributed by atoms with Crippen LogP contribution in [-0.4, -0.2) is 25.8 Å². The first-order valence-corrected chi connectivity index (χ1v) is 6.65. The van der Waals surface area contributed by atoms with Gasteiger partial charge < -0.3 is 5.73 Å². The predicted molar refractivity (Wildman–Crippen MR) is 65.8 cm³/mol. The van der Waals surface area contributed by atoms with Gasteiger partial charge in [0.25, 0.3) is 0 Å². The summed E-state index contributed by atoms with van der Waals surface area (Å²) in [6.45, 7) is -1.05. The minimum atomic E-state index is -4.19. The van der Waals surface area contributed by atoms with Crippen LogP contribution in [-0.2, 0) is 10.0 Å². The first-order valence-electron chi connectivity index (χ1n) is 4.83. The van der Waals surface area contributed by atoms with E-state index in [1.54, 1.807) is 12.1 Å². The molecular formula is C10H8ClFN4O2S. The zero-order valence-corrected chi connectivity index (χ0v) is 11.0. The molecule has 0 unspecified atom stereocenters. The molecule has 19 heavy (non-hydrogen) atoms. The molecule has 6 nitrogen and oxygen atoms in total. The minimum absolute atomic E-state index is 0.368. The Morgan fingerprint density at radius 1 is 1.32 bits per heavy atom. The monoisotopic (exact) mass is 302 g/mol. The molecule has 2 N–H and O–H groups in total. The molecular weight excluding hydrogens is 295 g/mol. The van der Waals surface area contributed by atoms with Gasteiger partial charge in [-0.15, -0.1) is 0 Å². The van der Waals surface area contributed by atoms with Gasteiger partial charge in [0, 0.05) is 0 Å². The van der Waals surface area contributed by atoms with Crippen molar-refractivity contribution in [2.24, 2.45) is 0 Å². The van der Waals surface area contributed by atoms with Crippen LogP contribution in [0.25, 0.3) is 0 Å². The van der Waals surface area contributed by atoms with Crippen molar-refractivity contribution in [1.82, 2.24) is 4.31 Å². The summed E-state index contributed by atoms with van der Waals surface area (Å²) in [5, 5.41) is 16.7. The fraction of sp³-hybridized carbons (Fsp3) is 0.200. The Morgan fingerprint density at radius 3 is 2.32 bits per heavy atom. The Kier molecular flexibility index (Phi) is 4.67. The summed E-state index contributed by atoms with van der Waals surface area (Å²) in [5.74, 6) is -0.851. The van der Waals surface area contributed by atoms with E-state index in [0.29, 0.717) is 4.31 Å². The molecule has 0 heterocycles. The van der Waals surface area contributed by atoms with Crippen molar-refractivity contribution in [2.75, 3.05) is 18.8 Å². The summed E-state index contributed by atoms with van der Waals surface area (Å²) in [7, 11) is -4.19. The second-order valence-electron chi connectivity index (χ2n) is 3.39. The number of nitrogens with zero attached hydrogens (tertiary/aromatic N) is 3. The number of sulfonamides is 1. The third-order valence-electron chi connectivity index (χ3n) is 2.16. The molecule has 0 spiro atoms. The van der Waals surface area contributed by atoms with Crippen LogP contribution in [0.5, 0.6) is 0 Å². The Morgan fingerprint density at radius 2 is 1.84 bits per heavy atom. The van der Waals surface area contributed by atoms with Gasteiger partial charge >= 0.3 is 0 Å². The molecule has 100 valence electrons. The van der Waals surface area contributed by atoms with Crippen molar-refractivity contribution in [2.45, 2.75) is 4.90 Å². The van der Waals surface area contributed by atoms with Crippen LogP contribution in [0.15, 0.2) is 17.0 Å². The van der Waals surface area contributed by atoms with Gasteiger partial charge in [0.2, 0.25) is 10.0 Å². The van der Waals surface area contributed by atoms with E-state index in [4.69, 9.17) is 27.9 Å². The molecule has 0 aliphatic heterocycles. The second-order valence-corrected chi connectivity index (χ2v) is 5.71. The number of hydrogen-bond donors (Lipinski definition) is 1. The summed E-state index contributed by atoms with van der Waals surface area (Å²) in [6.07, 6.45) is 0. The Labute approximate surface area is 114 Å². The first-order chi connectivity index (χ1) is 8.84. The fourth-order valence-corrected chi connectivity index (χ4v) is 3.02. The Hall–Kier alpha value is -1.87. The summed E-state index contributed by atoms with van der Waals surface area (Å²) in [6, 6.07) is 4.86. The van der Waals surface area contributed by atoms with Gasteiger partial charge in [-0.1, -0.05) is 11.6 Å². The van der Waals surface area contributed by atoms with E-state index < -0.39 is 39.5 Å². The van der Waals surface area contributed by atoms with Crippen molar-refractivity contribution >= 4 is 27.3 Å². The SMILES string of the molecule is N#CCN(CC#N)S(=O)(=O)c1cc(N)c(F)cc1Cl. The molecule has 0 fully saturated rings. The highest BCUT2D eigenvalue weighted by molar-refractivity contribution is 7.89. The molecule has 1 rings (SSSR count). The maximum absolute atomic E-state index is 13.1. The quantitative estimate of drug-likeness (QED) is 0.661. The lowest BCUT2D eigenvalue weighted by Gasteiger charge is -2.17. The zero-order valence-electron chi connectivity index (χ0n) is 9.47. The van der Waals surface area contributed by atoms with E-state index in [2.05, 4.69) is 0 Å². The average molecular weight is 303 g/mol. The van der Waals surface area contributed by atoms with Gasteiger partial charge in [-0.05, 0) is 12.1 Å². The summed E-state index contributed by atoms with van der Waals surface area (Å²) >= 11 is 5.66. The van der Waals surface area contributed by atoms with E-state index in [0.717, 1.165) is 12.1 Å². The van der Waals surface area contributed by atoms with Gasteiger partial charge in [0.05, 0.1) is 22.8 Å². The molecule has 0 aromatic heterocycles. The first kappa shape index (κ1) is 15.2. The Balaban J connectivity index is 3.38. The molecule has 0 bridgehead atoms. The molecule has 0 aliphatic carbocycles. The van der Waals surface area contributed by atoms with E-state index in [1.165, 1.54) is 0 Å². The van der Waals surface area contributed by atoms with Crippen molar-refractivity contribution < 1.29 is 12.8 Å². The van der Waals surface area contributed by atoms with Gasteiger partial charge in [0.1, 0.15) is 23.8 Å². The number of nitriles is 2. The van der Waals surface area contributed by atoms with Gasteiger partial charge in [0.15, 0.2) is 0 Å². The molecule has 0 radical (unpaired) electrons. The lowest BCUT2D eigenvalue weighted by Crippen LogP contribution is -2.32. The van der Waals surface area contributed by atoms with Crippen molar-refractivity contribution in [3.8, 4) is 12.1 Å². The topological polar surface area (TPSA) is 111 Å². The normalized spacial score (nSPS) is 11.0. The largest absolute Gasteiger partial charge is 0.396 e. The molecule has 0 amide bonds. The minimum Gasteiger partial charge on any atom is -0.396 e. The van der Waals surface area contributed by atoms with Crippen LogP contribution in [0.2, 0.25) is 5.02 Å². The average Bonchev–Trinajstić information content (AvgIpc) is 2.33. The molecule has 1 aromatic carbocycles.